The summed E-state index contributed by atoms with van der Waals surface area (Å²) in [5, 5.41) is 3.16. The van der Waals surface area contributed by atoms with Crippen LogP contribution < -0.4 is 11.1 Å². The zero-order valence-electron chi connectivity index (χ0n) is 13.3. The van der Waals surface area contributed by atoms with Crippen molar-refractivity contribution in [1.82, 2.24) is 9.88 Å². The number of aromatic nitrogens is 1. The molecule has 1 aliphatic carbocycles. The van der Waals surface area contributed by atoms with Crippen molar-refractivity contribution in [2.45, 2.75) is 59.0 Å². The highest BCUT2D eigenvalue weighted by Gasteiger charge is 2.41. The Labute approximate surface area is 121 Å². The van der Waals surface area contributed by atoms with E-state index in [-0.39, 0.29) is 11.4 Å². The Hall–Kier alpha value is -1.29. The molecule has 0 bridgehead atoms. The first-order valence-electron chi connectivity index (χ1n) is 7.51. The minimum Gasteiger partial charge on any atom is -0.346 e. The predicted molar refractivity (Wildman–Crippen MR) is 81.9 cm³/mol. The van der Waals surface area contributed by atoms with E-state index in [1.807, 2.05) is 19.9 Å². The molecule has 4 nitrogen and oxygen atoms in total. The Kier molecular flexibility index (Phi) is 3.96. The Morgan fingerprint density at radius 3 is 2.50 bits per heavy atom. The molecule has 1 atom stereocenters. The molecule has 1 aliphatic rings. The zero-order valence-corrected chi connectivity index (χ0v) is 13.3. The maximum atomic E-state index is 12.6. The van der Waals surface area contributed by atoms with Crippen molar-refractivity contribution in [3.63, 3.8) is 0 Å². The van der Waals surface area contributed by atoms with Crippen molar-refractivity contribution >= 4 is 5.91 Å². The Bertz CT molecular complexity index is 514. The average molecular weight is 277 g/mol. The fraction of sp³-hybridized carbons (Fsp3) is 0.688. The number of rotatable bonds is 5. The van der Waals surface area contributed by atoms with Gasteiger partial charge in [0.25, 0.3) is 5.91 Å². The van der Waals surface area contributed by atoms with E-state index in [1.54, 1.807) is 0 Å². The van der Waals surface area contributed by atoms with Crippen molar-refractivity contribution in [1.29, 1.82) is 0 Å². The van der Waals surface area contributed by atoms with Gasteiger partial charge in [-0.05, 0) is 59.4 Å². The van der Waals surface area contributed by atoms with Crippen molar-refractivity contribution in [2.75, 3.05) is 6.54 Å². The molecule has 1 saturated carbocycles. The van der Waals surface area contributed by atoms with Crippen molar-refractivity contribution in [3.05, 3.63) is 23.0 Å². The van der Waals surface area contributed by atoms with Gasteiger partial charge in [0.05, 0.1) is 11.1 Å². The molecule has 2 rings (SSSR count). The van der Waals surface area contributed by atoms with Gasteiger partial charge in [-0.1, -0.05) is 0 Å². The normalized spacial score (nSPS) is 18.1. The molecule has 0 aliphatic heterocycles. The van der Waals surface area contributed by atoms with Crippen LogP contribution in [0.2, 0.25) is 0 Å². The van der Waals surface area contributed by atoms with Crippen LogP contribution in [0.5, 0.6) is 0 Å². The summed E-state index contributed by atoms with van der Waals surface area (Å²) >= 11 is 0. The number of hydrogen-bond donors (Lipinski definition) is 2. The highest BCUT2D eigenvalue weighted by molar-refractivity contribution is 5.96. The molecular formula is C16H27N3O. The number of nitrogens with one attached hydrogen (secondary N) is 1. The Balaban J connectivity index is 2.23. The second-order valence-electron chi connectivity index (χ2n) is 6.60. The first kappa shape index (κ1) is 15.1. The predicted octanol–water partition coefficient (Wildman–Crippen LogP) is 2.54. The van der Waals surface area contributed by atoms with E-state index in [0.29, 0.717) is 18.5 Å². The van der Waals surface area contributed by atoms with Crippen LogP contribution in [0, 0.1) is 19.8 Å². The molecule has 1 aromatic rings. The van der Waals surface area contributed by atoms with E-state index in [9.17, 15) is 4.79 Å². The molecule has 1 fully saturated rings. The maximum Gasteiger partial charge on any atom is 0.253 e. The first-order chi connectivity index (χ1) is 9.30. The fourth-order valence-corrected chi connectivity index (χ4v) is 3.17. The van der Waals surface area contributed by atoms with Gasteiger partial charge in [-0.3, -0.25) is 4.79 Å². The van der Waals surface area contributed by atoms with Gasteiger partial charge >= 0.3 is 0 Å². The van der Waals surface area contributed by atoms with Crippen LogP contribution in [0.25, 0.3) is 0 Å². The number of carbonyl (C=O) groups is 1. The standard InChI is InChI=1S/C16H27N3O/c1-10(2)19-11(3)8-14(12(19)4)15(20)18-16(5,9-17)13-6-7-13/h8,10,13H,6-7,9,17H2,1-5H3,(H,18,20). The summed E-state index contributed by atoms with van der Waals surface area (Å²) in [5.74, 6) is 0.537. The van der Waals surface area contributed by atoms with Gasteiger partial charge in [0.2, 0.25) is 0 Å². The summed E-state index contributed by atoms with van der Waals surface area (Å²) in [6.45, 7) is 10.9. The molecule has 1 unspecified atom stereocenters. The van der Waals surface area contributed by atoms with E-state index in [1.165, 1.54) is 12.8 Å². The molecule has 20 heavy (non-hydrogen) atoms. The summed E-state index contributed by atoms with van der Waals surface area (Å²) < 4.78 is 2.20. The third kappa shape index (κ3) is 2.62. The Morgan fingerprint density at radius 1 is 1.50 bits per heavy atom. The number of nitrogens with two attached hydrogens (primary N) is 1. The highest BCUT2D eigenvalue weighted by atomic mass is 16.1. The number of nitrogens with zero attached hydrogens (tertiary/aromatic N) is 1. The molecule has 4 heteroatoms. The quantitative estimate of drug-likeness (QED) is 0.869. The number of amides is 1. The van der Waals surface area contributed by atoms with E-state index < -0.39 is 0 Å². The van der Waals surface area contributed by atoms with Crippen molar-refractivity contribution in [2.24, 2.45) is 11.7 Å². The summed E-state index contributed by atoms with van der Waals surface area (Å²) in [4.78, 5) is 12.6. The van der Waals surface area contributed by atoms with Crippen LogP contribution in [0.3, 0.4) is 0 Å². The van der Waals surface area contributed by atoms with Crippen LogP contribution in [0.4, 0.5) is 0 Å². The number of aryl methyl sites for hydroxylation is 1. The van der Waals surface area contributed by atoms with Crippen LogP contribution in [-0.2, 0) is 0 Å². The van der Waals surface area contributed by atoms with Crippen molar-refractivity contribution in [3.8, 4) is 0 Å². The fourth-order valence-electron chi connectivity index (χ4n) is 3.17. The van der Waals surface area contributed by atoms with Crippen LogP contribution in [0.1, 0.15) is 61.4 Å². The summed E-state index contributed by atoms with van der Waals surface area (Å²) in [6.07, 6.45) is 2.33. The van der Waals surface area contributed by atoms with Crippen molar-refractivity contribution < 1.29 is 4.79 Å². The monoisotopic (exact) mass is 277 g/mol. The average Bonchev–Trinajstić information content (AvgIpc) is 3.15. The lowest BCUT2D eigenvalue weighted by atomic mass is 9.95. The molecule has 1 amide bonds. The summed E-state index contributed by atoms with van der Waals surface area (Å²) in [7, 11) is 0. The van der Waals surface area contributed by atoms with Gasteiger partial charge in [0, 0.05) is 24.0 Å². The third-order valence-electron chi connectivity index (χ3n) is 4.55. The van der Waals surface area contributed by atoms with E-state index in [0.717, 1.165) is 17.0 Å². The minimum atomic E-state index is -0.267. The van der Waals surface area contributed by atoms with Gasteiger partial charge in [-0.2, -0.15) is 0 Å². The molecule has 0 spiro atoms. The highest BCUT2D eigenvalue weighted by Crippen LogP contribution is 2.39. The molecule has 1 heterocycles. The third-order valence-corrected chi connectivity index (χ3v) is 4.55. The Morgan fingerprint density at radius 2 is 2.10 bits per heavy atom. The first-order valence-corrected chi connectivity index (χ1v) is 7.51. The van der Waals surface area contributed by atoms with Crippen LogP contribution in [-0.4, -0.2) is 22.6 Å². The number of carbonyl (C=O) groups excluding carboxylic acids is 1. The lowest BCUT2D eigenvalue weighted by Crippen LogP contribution is -2.53. The molecule has 0 saturated heterocycles. The van der Waals surface area contributed by atoms with Gasteiger partial charge in [0.1, 0.15) is 0 Å². The zero-order chi connectivity index (χ0) is 15.1. The summed E-state index contributed by atoms with van der Waals surface area (Å²) in [5.41, 5.74) is 8.54. The van der Waals surface area contributed by atoms with Gasteiger partial charge in [-0.15, -0.1) is 0 Å². The lowest BCUT2D eigenvalue weighted by Gasteiger charge is -2.29. The van der Waals surface area contributed by atoms with E-state index in [2.05, 4.69) is 30.7 Å². The second kappa shape index (κ2) is 5.24. The maximum absolute atomic E-state index is 12.6. The molecule has 112 valence electrons. The largest absolute Gasteiger partial charge is 0.346 e. The lowest BCUT2D eigenvalue weighted by molar-refractivity contribution is 0.0897. The second-order valence-corrected chi connectivity index (χ2v) is 6.60. The number of hydrogen-bond acceptors (Lipinski definition) is 2. The van der Waals surface area contributed by atoms with E-state index in [4.69, 9.17) is 5.73 Å². The molecule has 0 aromatic carbocycles. The van der Waals surface area contributed by atoms with E-state index >= 15 is 0 Å². The minimum absolute atomic E-state index is 0.00449. The smallest absolute Gasteiger partial charge is 0.253 e. The molecule has 0 radical (unpaired) electrons. The summed E-state index contributed by atoms with van der Waals surface area (Å²) in [6, 6.07) is 2.34. The molecular weight excluding hydrogens is 250 g/mol. The molecule has 3 N–H and O–H groups in total. The van der Waals surface area contributed by atoms with Gasteiger partial charge < -0.3 is 15.6 Å². The van der Waals surface area contributed by atoms with Gasteiger partial charge in [-0.25, -0.2) is 0 Å². The topological polar surface area (TPSA) is 60.1 Å². The van der Waals surface area contributed by atoms with Gasteiger partial charge in [0.15, 0.2) is 0 Å². The van der Waals surface area contributed by atoms with Crippen LogP contribution in [0.15, 0.2) is 6.07 Å². The molecule has 1 aromatic heterocycles. The SMILES string of the molecule is Cc1cc(C(=O)NC(C)(CN)C2CC2)c(C)n1C(C)C. The van der Waals surface area contributed by atoms with Crippen LogP contribution >= 0.6 is 0 Å².